The van der Waals surface area contributed by atoms with Gasteiger partial charge in [-0.25, -0.2) is 9.69 Å². The van der Waals surface area contributed by atoms with Crippen molar-refractivity contribution >= 4 is 12.0 Å². The number of imide groups is 1. The molecule has 3 aromatic carbocycles. The van der Waals surface area contributed by atoms with Crippen LogP contribution < -0.4 is 0 Å². The van der Waals surface area contributed by atoms with Crippen LogP contribution in [-0.2, 0) is 22.4 Å². The van der Waals surface area contributed by atoms with Gasteiger partial charge in [0.2, 0.25) is 5.91 Å². The molecule has 0 aromatic heterocycles. The van der Waals surface area contributed by atoms with Crippen molar-refractivity contribution in [1.82, 2.24) is 4.90 Å². The fraction of sp³-hybridized carbons (Fsp3) is 0.333. The van der Waals surface area contributed by atoms with E-state index in [0.717, 1.165) is 24.0 Å². The second-order valence-corrected chi connectivity index (χ2v) is 10.1. The molecule has 4 rings (SSSR count). The van der Waals surface area contributed by atoms with E-state index >= 15 is 0 Å². The van der Waals surface area contributed by atoms with E-state index in [1.54, 1.807) is 0 Å². The van der Waals surface area contributed by atoms with Gasteiger partial charge in [-0.05, 0) is 68.7 Å². The molecular weight excluding hydrogens is 422 g/mol. The minimum Gasteiger partial charge on any atom is -0.443 e. The van der Waals surface area contributed by atoms with Gasteiger partial charge in [0.15, 0.2) is 0 Å². The van der Waals surface area contributed by atoms with Gasteiger partial charge in [-0.15, -0.1) is 0 Å². The first-order valence-electron chi connectivity index (χ1n) is 12.0. The Kier molecular flexibility index (Phi) is 7.16. The molecule has 1 aliphatic rings. The summed E-state index contributed by atoms with van der Waals surface area (Å²) < 4.78 is 5.61. The lowest BCUT2D eigenvalue weighted by atomic mass is 9.94. The molecule has 176 valence electrons. The van der Waals surface area contributed by atoms with Crippen LogP contribution >= 0.6 is 0 Å². The highest BCUT2D eigenvalue weighted by atomic mass is 16.6. The molecule has 1 saturated heterocycles. The van der Waals surface area contributed by atoms with Crippen molar-refractivity contribution in [3.05, 3.63) is 96.1 Å². The second-order valence-electron chi connectivity index (χ2n) is 10.1. The molecule has 1 aliphatic heterocycles. The zero-order valence-electron chi connectivity index (χ0n) is 20.2. The lowest BCUT2D eigenvalue weighted by Gasteiger charge is -2.27. The van der Waals surface area contributed by atoms with Crippen molar-refractivity contribution in [2.24, 2.45) is 5.92 Å². The minimum absolute atomic E-state index is 0.115. The quantitative estimate of drug-likeness (QED) is 0.416. The number of aryl methyl sites for hydroxylation is 1. The van der Waals surface area contributed by atoms with Gasteiger partial charge in [0.05, 0.1) is 0 Å². The Labute approximate surface area is 202 Å². The first-order chi connectivity index (χ1) is 16.3. The molecule has 2 atom stereocenters. The van der Waals surface area contributed by atoms with Gasteiger partial charge in [0.1, 0.15) is 5.60 Å². The van der Waals surface area contributed by atoms with Crippen molar-refractivity contribution in [2.45, 2.75) is 58.1 Å². The fourth-order valence-corrected chi connectivity index (χ4v) is 4.60. The number of nitrogens with zero attached hydrogens (tertiary/aromatic N) is 1. The molecule has 0 saturated carbocycles. The van der Waals surface area contributed by atoms with E-state index in [1.165, 1.54) is 16.0 Å². The van der Waals surface area contributed by atoms with Gasteiger partial charge in [0, 0.05) is 12.0 Å². The number of rotatable bonds is 6. The van der Waals surface area contributed by atoms with Crippen molar-refractivity contribution < 1.29 is 14.3 Å². The number of likely N-dealkylation sites (tertiary alicyclic amines) is 1. The van der Waals surface area contributed by atoms with Crippen LogP contribution in [0, 0.1) is 5.92 Å². The molecule has 0 aliphatic carbocycles. The Morgan fingerprint density at radius 1 is 0.853 bits per heavy atom. The zero-order valence-corrected chi connectivity index (χ0v) is 20.2. The van der Waals surface area contributed by atoms with Gasteiger partial charge in [-0.2, -0.15) is 0 Å². The minimum atomic E-state index is -0.651. The maximum atomic E-state index is 13.3. The summed E-state index contributed by atoms with van der Waals surface area (Å²) in [4.78, 5) is 27.7. The van der Waals surface area contributed by atoms with E-state index in [4.69, 9.17) is 4.74 Å². The number of hydrogen-bond acceptors (Lipinski definition) is 3. The number of ether oxygens (including phenoxy) is 1. The predicted molar refractivity (Wildman–Crippen MR) is 135 cm³/mol. The smallest absolute Gasteiger partial charge is 0.417 e. The molecule has 0 bridgehead atoms. The largest absolute Gasteiger partial charge is 0.443 e. The van der Waals surface area contributed by atoms with Crippen LogP contribution in [-0.4, -0.2) is 28.5 Å². The maximum absolute atomic E-state index is 13.3. The Balaban J connectivity index is 1.50. The van der Waals surface area contributed by atoms with Crippen LogP contribution in [0.5, 0.6) is 0 Å². The van der Waals surface area contributed by atoms with Crippen molar-refractivity contribution in [1.29, 1.82) is 0 Å². The molecule has 0 spiro atoms. The number of hydrogen-bond donors (Lipinski definition) is 0. The molecule has 1 heterocycles. The van der Waals surface area contributed by atoms with Gasteiger partial charge >= 0.3 is 6.09 Å². The lowest BCUT2D eigenvalue weighted by Crippen LogP contribution is -2.43. The summed E-state index contributed by atoms with van der Waals surface area (Å²) in [6.07, 6.45) is 2.29. The van der Waals surface area contributed by atoms with Crippen LogP contribution in [0.2, 0.25) is 0 Å². The van der Waals surface area contributed by atoms with E-state index in [9.17, 15) is 9.59 Å². The van der Waals surface area contributed by atoms with Crippen LogP contribution in [0.15, 0.2) is 84.9 Å². The molecule has 2 amide bonds. The van der Waals surface area contributed by atoms with E-state index in [2.05, 4.69) is 48.5 Å². The van der Waals surface area contributed by atoms with Gasteiger partial charge in [-0.1, -0.05) is 84.9 Å². The average Bonchev–Trinajstić information content (AvgIpc) is 3.13. The molecule has 34 heavy (non-hydrogen) atoms. The lowest BCUT2D eigenvalue weighted by molar-refractivity contribution is -0.131. The first kappa shape index (κ1) is 23.7. The molecule has 3 aromatic rings. The topological polar surface area (TPSA) is 46.6 Å². The predicted octanol–water partition coefficient (Wildman–Crippen LogP) is 6.68. The standard InChI is InChI=1S/C30H33NO3/c1-30(2,3)34-29(33)31-27(21-26(28(31)32)19-14-22-10-6-4-7-11-22)20-23-15-17-25(18-16-23)24-12-8-5-9-13-24/h4-13,15-18,26-27H,14,19-21H2,1-3H3/t26-,27-/m1/s1. The molecule has 0 radical (unpaired) electrons. The van der Waals surface area contributed by atoms with Gasteiger partial charge in [-0.3, -0.25) is 4.79 Å². The molecule has 4 heteroatoms. The average molecular weight is 456 g/mol. The fourth-order valence-electron chi connectivity index (χ4n) is 4.60. The number of amides is 2. The summed E-state index contributed by atoms with van der Waals surface area (Å²) >= 11 is 0. The van der Waals surface area contributed by atoms with E-state index in [1.807, 2.05) is 57.2 Å². The van der Waals surface area contributed by atoms with Crippen molar-refractivity contribution in [2.75, 3.05) is 0 Å². The first-order valence-corrected chi connectivity index (χ1v) is 12.0. The highest BCUT2D eigenvalue weighted by Gasteiger charge is 2.44. The van der Waals surface area contributed by atoms with E-state index < -0.39 is 11.7 Å². The number of carbonyl (C=O) groups is 2. The summed E-state index contributed by atoms with van der Waals surface area (Å²) in [6.45, 7) is 5.49. The van der Waals surface area contributed by atoms with Crippen LogP contribution in [0.1, 0.15) is 44.7 Å². The Bertz CT molecular complexity index is 1100. The molecule has 4 nitrogen and oxygen atoms in total. The van der Waals surface area contributed by atoms with Gasteiger partial charge < -0.3 is 4.74 Å². The van der Waals surface area contributed by atoms with Crippen LogP contribution in [0.3, 0.4) is 0 Å². The Hall–Kier alpha value is -3.40. The second kappa shape index (κ2) is 10.3. The Morgan fingerprint density at radius 2 is 1.44 bits per heavy atom. The number of benzene rings is 3. The summed E-state index contributed by atoms with van der Waals surface area (Å²) in [5.41, 5.74) is 3.98. The third-order valence-corrected chi connectivity index (χ3v) is 6.26. The molecular formula is C30H33NO3. The maximum Gasteiger partial charge on any atom is 0.417 e. The van der Waals surface area contributed by atoms with Gasteiger partial charge in [0.25, 0.3) is 0 Å². The third kappa shape index (κ3) is 5.93. The summed E-state index contributed by atoms with van der Waals surface area (Å²) in [7, 11) is 0. The monoisotopic (exact) mass is 455 g/mol. The third-order valence-electron chi connectivity index (χ3n) is 6.26. The molecule has 0 unspecified atom stereocenters. The molecule has 0 N–H and O–H groups in total. The summed E-state index contributed by atoms with van der Waals surface area (Å²) in [5, 5.41) is 0. The summed E-state index contributed by atoms with van der Waals surface area (Å²) in [5.74, 6) is -0.294. The highest BCUT2D eigenvalue weighted by molar-refractivity contribution is 5.95. The van der Waals surface area contributed by atoms with E-state index in [-0.39, 0.29) is 17.9 Å². The SMILES string of the molecule is CC(C)(C)OC(=O)N1C(=O)[C@H](CCc2ccccc2)C[C@H]1Cc1ccc(-c2ccccc2)cc1. The Morgan fingerprint density at radius 3 is 2.06 bits per heavy atom. The zero-order chi connectivity index (χ0) is 24.1. The van der Waals surface area contributed by atoms with Crippen molar-refractivity contribution in [3.8, 4) is 11.1 Å². The van der Waals surface area contributed by atoms with Crippen LogP contribution in [0.25, 0.3) is 11.1 Å². The van der Waals surface area contributed by atoms with Crippen LogP contribution in [0.4, 0.5) is 4.79 Å². The molecule has 1 fully saturated rings. The normalized spacial score (nSPS) is 18.2. The van der Waals surface area contributed by atoms with E-state index in [0.29, 0.717) is 12.8 Å². The van der Waals surface area contributed by atoms with Crippen molar-refractivity contribution in [3.63, 3.8) is 0 Å². The number of carbonyl (C=O) groups excluding carboxylic acids is 2. The summed E-state index contributed by atoms with van der Waals surface area (Å²) in [6, 6.07) is 28.6. The highest BCUT2D eigenvalue weighted by Crippen LogP contribution is 2.32.